The normalized spacial score (nSPS) is 13.9. The van der Waals surface area contributed by atoms with Gasteiger partial charge in [-0.15, -0.1) is 0 Å². The predicted molar refractivity (Wildman–Crippen MR) is 348 cm³/mol. The Morgan fingerprint density at radius 2 is 0.734 bits per heavy atom. The first-order valence-corrected chi connectivity index (χ1v) is 32.1. The quantitative estimate of drug-likeness (QED) is 0.0347. The third kappa shape index (κ3) is 33.0. The number of rotatable bonds is 48. The molecule has 2 heterocycles. The zero-order valence-corrected chi connectivity index (χ0v) is 55.2. The summed E-state index contributed by atoms with van der Waals surface area (Å²) in [4.78, 5) is 149. The molecule has 2 aromatic carbocycles. The summed E-state index contributed by atoms with van der Waals surface area (Å²) in [5, 5.41) is 16.3. The third-order valence-electron chi connectivity index (χ3n) is 14.8. The average molecular weight is 1320 g/mol. The van der Waals surface area contributed by atoms with Crippen LogP contribution in [0.4, 0.5) is 21.0 Å². The lowest BCUT2D eigenvalue weighted by molar-refractivity contribution is -0.139. The number of nitrogens with one attached hydrogen (secondary N) is 6. The van der Waals surface area contributed by atoms with Crippen LogP contribution < -0.4 is 43.4 Å². The molecule has 0 spiro atoms. The number of urea groups is 2. The fourth-order valence-electron chi connectivity index (χ4n) is 9.40. The van der Waals surface area contributed by atoms with Gasteiger partial charge >= 0.3 is 12.1 Å². The maximum Gasteiger partial charge on any atom is 0.312 e. The van der Waals surface area contributed by atoms with Crippen molar-refractivity contribution in [1.29, 1.82) is 0 Å². The molecule has 2 aliphatic heterocycles. The van der Waals surface area contributed by atoms with Crippen molar-refractivity contribution in [2.24, 2.45) is 35.1 Å². The van der Waals surface area contributed by atoms with Gasteiger partial charge in [-0.2, -0.15) is 0 Å². The minimum atomic E-state index is -0.785. The van der Waals surface area contributed by atoms with E-state index in [-0.39, 0.29) is 189 Å². The number of nitrogens with zero attached hydrogens (tertiary/aromatic N) is 2. The van der Waals surface area contributed by atoms with E-state index in [0.717, 1.165) is 33.8 Å². The summed E-state index contributed by atoms with van der Waals surface area (Å²) in [7, 11) is 0. The molecule has 0 aromatic heterocycles. The molecule has 0 bridgehead atoms. The number of nitrogens with two attached hydrogens (primary N) is 2. The van der Waals surface area contributed by atoms with Crippen LogP contribution in [-0.4, -0.2) is 198 Å². The molecule has 28 heteroatoms. The molecule has 94 heavy (non-hydrogen) atoms. The summed E-state index contributed by atoms with van der Waals surface area (Å²) >= 11 is 0. The molecule has 4 rings (SSSR count). The second-order valence-electron chi connectivity index (χ2n) is 22.8. The summed E-state index contributed by atoms with van der Waals surface area (Å²) < 4.78 is 32.5. The molecule has 0 aliphatic carbocycles. The summed E-state index contributed by atoms with van der Waals surface area (Å²) in [6.45, 7) is 15.2. The highest BCUT2D eigenvalue weighted by molar-refractivity contribution is 6.13. The van der Waals surface area contributed by atoms with Gasteiger partial charge in [0, 0.05) is 86.3 Å². The molecule has 28 nitrogen and oxygen atoms in total. The number of hydrogen-bond donors (Lipinski definition) is 8. The van der Waals surface area contributed by atoms with Crippen molar-refractivity contribution in [3.63, 3.8) is 0 Å². The highest BCUT2D eigenvalue weighted by Crippen LogP contribution is 2.22. The largest absolute Gasteiger partial charge is 0.379 e. The van der Waals surface area contributed by atoms with Gasteiger partial charge in [0.15, 0.2) is 11.6 Å². The molecule has 2 aliphatic rings. The van der Waals surface area contributed by atoms with Crippen molar-refractivity contribution < 1.29 is 86.0 Å². The number of carbonyl (C=O) groups is 12. The molecule has 0 unspecified atom stereocenters. The van der Waals surface area contributed by atoms with Crippen molar-refractivity contribution >= 4 is 82.3 Å². The molecule has 0 saturated carbocycles. The van der Waals surface area contributed by atoms with E-state index in [0.29, 0.717) is 50.3 Å². The first-order chi connectivity index (χ1) is 45.0. The minimum absolute atomic E-state index is 0.0405. The van der Waals surface area contributed by atoms with E-state index in [9.17, 15) is 57.5 Å². The van der Waals surface area contributed by atoms with Gasteiger partial charge in [0.25, 0.3) is 23.6 Å². The summed E-state index contributed by atoms with van der Waals surface area (Å²) in [6, 6.07) is 12.1. The highest BCUT2D eigenvalue weighted by Gasteiger charge is 2.32. The van der Waals surface area contributed by atoms with Crippen molar-refractivity contribution in [1.82, 2.24) is 31.1 Å². The molecular weight excluding hydrogens is 1220 g/mol. The molecule has 0 fully saturated rings. The van der Waals surface area contributed by atoms with Crippen LogP contribution in [0, 0.1) is 23.7 Å². The zero-order valence-electron chi connectivity index (χ0n) is 55.2. The van der Waals surface area contributed by atoms with E-state index in [1.54, 1.807) is 0 Å². The smallest absolute Gasteiger partial charge is 0.312 e. The van der Waals surface area contributed by atoms with Crippen LogP contribution in [0.2, 0.25) is 0 Å². The Labute approximate surface area is 550 Å². The number of ether oxygens (including phenoxy) is 6. The van der Waals surface area contributed by atoms with Gasteiger partial charge in [-0.25, -0.2) is 9.59 Å². The van der Waals surface area contributed by atoms with Crippen molar-refractivity contribution in [2.45, 2.75) is 118 Å². The lowest BCUT2D eigenvalue weighted by atomic mass is 9.89. The maximum atomic E-state index is 13.4. The molecular formula is C66H98N10O18. The van der Waals surface area contributed by atoms with Gasteiger partial charge in [0.05, 0.1) is 104 Å². The van der Waals surface area contributed by atoms with Crippen LogP contribution in [0.15, 0.2) is 72.8 Å². The van der Waals surface area contributed by atoms with E-state index >= 15 is 0 Å². The Balaban J connectivity index is 0.000000490. The fourth-order valence-corrected chi connectivity index (χ4v) is 9.40. The first kappa shape index (κ1) is 80.0. The molecule has 4 atom stereocenters. The standard InChI is InChI=1S/2C33H49N5O9/c2*1-4-24-7-9-26(10-8-24)36-32(43)25(6-5-14-35-33(34)44)22-27(39)31(23(2)3)37-28(40)13-16-45-18-20-47-21-19-46-17-15-38-29(41)11-12-30(38)42/h2*7-12,23,25,31H,4-6,13-22H2,1-3H3,(H,36,43)(H,37,40)(H3,34,35,44)/t2*25-,31+/m11/s1. The average Bonchev–Trinajstić information content (AvgIpc) is 2.03. The number of aryl methyl sites for hydroxylation is 2. The second-order valence-corrected chi connectivity index (χ2v) is 22.8. The van der Waals surface area contributed by atoms with Crippen LogP contribution >= 0.6 is 0 Å². The Bertz CT molecular complexity index is 2590. The van der Waals surface area contributed by atoms with E-state index in [4.69, 9.17) is 39.9 Å². The number of anilines is 2. The molecule has 2 aromatic rings. The van der Waals surface area contributed by atoms with Gasteiger partial charge < -0.3 is 71.8 Å². The SMILES string of the molecule is CCc1ccc(NC(=O)[C@H](CCCNC(N)=O)CC(=O)[C@@H](NC(=O)CCOCCOCCOCCN2C(=O)C=CC2=O)C(C)C)cc1.CCc1ccc(NC(=O)[C@H](CCCNC(N)=O)CC(=O)[C@@H](NC(=O)CCOCCOCCOCCN2C(=O)C=CC2=O)C(C)C)cc1. The van der Waals surface area contributed by atoms with Gasteiger partial charge in [0.1, 0.15) is 0 Å². The van der Waals surface area contributed by atoms with Crippen LogP contribution in [0.25, 0.3) is 0 Å². The van der Waals surface area contributed by atoms with Crippen molar-refractivity contribution in [3.05, 3.63) is 84.0 Å². The van der Waals surface area contributed by atoms with E-state index < -0.39 is 36.0 Å². The Kier molecular flexibility index (Phi) is 39.1. The van der Waals surface area contributed by atoms with E-state index in [1.807, 2.05) is 90.1 Å². The van der Waals surface area contributed by atoms with Gasteiger partial charge in [0.2, 0.25) is 23.6 Å². The highest BCUT2D eigenvalue weighted by atomic mass is 16.5. The topological polar surface area (TPSA) is 391 Å². The van der Waals surface area contributed by atoms with Crippen LogP contribution in [0.5, 0.6) is 0 Å². The third-order valence-corrected chi connectivity index (χ3v) is 14.8. The van der Waals surface area contributed by atoms with Crippen LogP contribution in [-0.2, 0) is 89.2 Å². The zero-order chi connectivity index (χ0) is 69.2. The predicted octanol–water partition coefficient (Wildman–Crippen LogP) is 3.43. The number of Topliss-reactive ketones (excluding diaryl/α,β-unsaturated/α-hetero) is 2. The Hall–Kier alpha value is -8.28. The second kappa shape index (κ2) is 45.9. The van der Waals surface area contributed by atoms with Gasteiger partial charge in [-0.1, -0.05) is 65.8 Å². The minimum Gasteiger partial charge on any atom is -0.379 e. The molecule has 12 amide bonds. The fraction of sp³-hybridized carbons (Fsp3) is 0.576. The van der Waals surface area contributed by atoms with Crippen molar-refractivity contribution in [2.75, 3.05) is 116 Å². The number of imide groups is 2. The summed E-state index contributed by atoms with van der Waals surface area (Å²) in [6.07, 6.45) is 8.11. The Morgan fingerprint density at radius 3 is 1.02 bits per heavy atom. The number of amides is 12. The van der Waals surface area contributed by atoms with Crippen LogP contribution in [0.3, 0.4) is 0 Å². The van der Waals surface area contributed by atoms with E-state index in [1.165, 1.54) is 24.3 Å². The molecule has 0 saturated heterocycles. The Morgan fingerprint density at radius 1 is 0.436 bits per heavy atom. The monoisotopic (exact) mass is 1320 g/mol. The number of carbonyl (C=O) groups excluding carboxylic acids is 12. The number of primary amides is 2. The molecule has 520 valence electrons. The van der Waals surface area contributed by atoms with E-state index in [2.05, 4.69) is 31.9 Å². The van der Waals surface area contributed by atoms with Gasteiger partial charge in [-0.3, -0.25) is 57.7 Å². The van der Waals surface area contributed by atoms with Crippen LogP contribution in [0.1, 0.15) is 104 Å². The summed E-state index contributed by atoms with van der Waals surface area (Å²) in [5.74, 6) is -5.01. The molecule has 10 N–H and O–H groups in total. The lowest BCUT2D eigenvalue weighted by Gasteiger charge is -2.24. The number of benzene rings is 2. The maximum absolute atomic E-state index is 13.4. The number of hydrogen-bond acceptors (Lipinski definition) is 18. The van der Waals surface area contributed by atoms with Crippen molar-refractivity contribution in [3.8, 4) is 0 Å². The summed E-state index contributed by atoms with van der Waals surface area (Å²) in [5.41, 5.74) is 13.8. The lowest BCUT2D eigenvalue weighted by Crippen LogP contribution is -2.45. The van der Waals surface area contributed by atoms with Gasteiger partial charge in [-0.05, 0) is 85.8 Å². The molecule has 0 radical (unpaired) electrons. The number of ketones is 2. The first-order valence-electron chi connectivity index (χ1n) is 32.1.